The van der Waals surface area contributed by atoms with Crippen LogP contribution in [0.1, 0.15) is 94.5 Å². The highest BCUT2D eigenvalue weighted by molar-refractivity contribution is 7.87. The fourth-order valence-electron chi connectivity index (χ4n) is 8.97. The van der Waals surface area contributed by atoms with E-state index in [-0.39, 0.29) is 49.4 Å². The Morgan fingerprint density at radius 3 is 0.882 bits per heavy atom. The second-order valence-electron chi connectivity index (χ2n) is 18.2. The third kappa shape index (κ3) is 16.1. The van der Waals surface area contributed by atoms with Crippen molar-refractivity contribution in [2.45, 2.75) is 90.2 Å². The normalized spacial score (nSPS) is 12.6. The first-order valence-corrected chi connectivity index (χ1v) is 28.9. The molecule has 8 bridgehead atoms. The standard InChI is InChI=1S/C60H72O14S2/c1-7-65-25-29-69-57-47-13-11-14-48(57)38-52-34-46(42-74-76(63,64)56-23-19-44(6)20-24-56)36-54(60(52)72-32-28-68-10-4)40-50-16-12-15-49(58(50)70-30-26-66-8-2)39-53-35-45(33-51(37-47)59(53)71-31-27-67-9-3)41-73-75(61,62)55-21-17-43(5)18-22-55/h11-24,33-36H,7-10,25-32,37-42H2,1-6H3. The SMILES string of the molecule is CCOCCOc1c2cccc1Cc1cc(COS(=O)(=O)c3ccc(C)cc3)cc(c1OCCOCC)Cc1cccc(c1OCCOCC)Cc1cc(COS(=O)(=O)c3ccc(C)cc3)cc(c1OCCOCC)C2. The topological polar surface area (TPSA) is 161 Å². The molecule has 0 unspecified atom stereocenters. The molecule has 0 spiro atoms. The average Bonchev–Trinajstić information content (AvgIpc) is 3.41. The molecule has 6 aromatic carbocycles. The summed E-state index contributed by atoms with van der Waals surface area (Å²) in [5.74, 6) is 2.49. The van der Waals surface area contributed by atoms with Gasteiger partial charge in [-0.05, 0) is 146 Å². The molecule has 0 saturated carbocycles. The van der Waals surface area contributed by atoms with E-state index >= 15 is 0 Å². The van der Waals surface area contributed by atoms with Gasteiger partial charge in [0.1, 0.15) is 49.4 Å². The molecule has 0 fully saturated rings. The molecule has 16 heteroatoms. The average molecular weight is 1080 g/mol. The molecule has 0 aliphatic heterocycles. The maximum absolute atomic E-state index is 13.7. The van der Waals surface area contributed by atoms with Crippen molar-refractivity contribution in [2.75, 3.05) is 79.3 Å². The lowest BCUT2D eigenvalue weighted by Gasteiger charge is -2.24. The molecule has 76 heavy (non-hydrogen) atoms. The smallest absolute Gasteiger partial charge is 0.297 e. The molecule has 0 N–H and O–H groups in total. The molecular weight excluding hydrogens is 1010 g/mol. The van der Waals surface area contributed by atoms with Gasteiger partial charge in [-0.3, -0.25) is 8.37 Å². The molecule has 0 heterocycles. The summed E-state index contributed by atoms with van der Waals surface area (Å²) >= 11 is 0. The molecule has 408 valence electrons. The van der Waals surface area contributed by atoms with Crippen LogP contribution in [0.4, 0.5) is 0 Å². The van der Waals surface area contributed by atoms with Crippen molar-refractivity contribution in [2.24, 2.45) is 0 Å². The Morgan fingerprint density at radius 2 is 0.618 bits per heavy atom. The van der Waals surface area contributed by atoms with Crippen LogP contribution in [-0.4, -0.2) is 96.1 Å². The molecular formula is C60H72O14S2. The molecule has 6 aromatic rings. The number of fused-ring (bicyclic) bond motifs is 8. The Morgan fingerprint density at radius 1 is 0.355 bits per heavy atom. The largest absolute Gasteiger partial charge is 0.491 e. The minimum Gasteiger partial charge on any atom is -0.491 e. The zero-order valence-corrected chi connectivity index (χ0v) is 46.3. The molecule has 14 nitrogen and oxygen atoms in total. The second-order valence-corrected chi connectivity index (χ2v) is 21.5. The summed E-state index contributed by atoms with van der Waals surface area (Å²) < 4.78 is 116. The van der Waals surface area contributed by atoms with Crippen molar-refractivity contribution in [1.82, 2.24) is 0 Å². The van der Waals surface area contributed by atoms with Crippen LogP contribution in [0.25, 0.3) is 0 Å². The van der Waals surface area contributed by atoms with Crippen molar-refractivity contribution in [3.05, 3.63) is 176 Å². The maximum atomic E-state index is 13.7. The van der Waals surface area contributed by atoms with Crippen molar-refractivity contribution in [3.63, 3.8) is 0 Å². The van der Waals surface area contributed by atoms with Crippen molar-refractivity contribution < 1.29 is 63.1 Å². The van der Waals surface area contributed by atoms with E-state index in [1.807, 2.05) is 102 Å². The molecule has 1 aliphatic carbocycles. The van der Waals surface area contributed by atoms with Crippen molar-refractivity contribution in [3.8, 4) is 23.0 Å². The summed E-state index contributed by atoms with van der Waals surface area (Å²) in [7, 11) is -8.28. The highest BCUT2D eigenvalue weighted by Crippen LogP contribution is 2.40. The Balaban J connectivity index is 1.44. The van der Waals surface area contributed by atoms with Crippen LogP contribution in [0.15, 0.2) is 119 Å². The van der Waals surface area contributed by atoms with Gasteiger partial charge in [0.2, 0.25) is 0 Å². The first-order chi connectivity index (χ1) is 36.8. The highest BCUT2D eigenvalue weighted by atomic mass is 32.2. The van der Waals surface area contributed by atoms with Gasteiger partial charge in [0.25, 0.3) is 20.2 Å². The highest BCUT2D eigenvalue weighted by Gasteiger charge is 2.25. The zero-order valence-electron chi connectivity index (χ0n) is 44.7. The van der Waals surface area contributed by atoms with E-state index in [2.05, 4.69) is 0 Å². The first-order valence-electron chi connectivity index (χ1n) is 26.1. The number of para-hydroxylation sites is 2. The van der Waals surface area contributed by atoms with E-state index in [1.165, 1.54) is 0 Å². The lowest BCUT2D eigenvalue weighted by molar-refractivity contribution is 0.108. The summed E-state index contributed by atoms with van der Waals surface area (Å²) in [5.41, 5.74) is 9.48. The van der Waals surface area contributed by atoms with Crippen LogP contribution in [0, 0.1) is 13.8 Å². The monoisotopic (exact) mass is 1080 g/mol. The summed E-state index contributed by atoms with van der Waals surface area (Å²) in [6.45, 7) is 15.5. The zero-order chi connectivity index (χ0) is 53.9. The predicted molar refractivity (Wildman–Crippen MR) is 291 cm³/mol. The number of rotatable bonds is 28. The molecule has 0 saturated heterocycles. The van der Waals surface area contributed by atoms with Crippen molar-refractivity contribution in [1.29, 1.82) is 0 Å². The van der Waals surface area contributed by atoms with Crippen LogP contribution < -0.4 is 18.9 Å². The fourth-order valence-corrected chi connectivity index (χ4v) is 10.8. The van der Waals surface area contributed by atoms with Gasteiger partial charge in [0.15, 0.2) is 0 Å². The first kappa shape index (κ1) is 57.9. The van der Waals surface area contributed by atoms with Crippen LogP contribution in [0.3, 0.4) is 0 Å². The van der Waals surface area contributed by atoms with E-state index in [1.54, 1.807) is 48.5 Å². The number of hydrogen-bond acceptors (Lipinski definition) is 14. The van der Waals surface area contributed by atoms with E-state index in [0.29, 0.717) is 113 Å². The summed E-state index contributed by atoms with van der Waals surface area (Å²) in [5, 5.41) is 0. The number of hydrogen-bond donors (Lipinski definition) is 0. The third-order valence-corrected chi connectivity index (χ3v) is 15.1. The van der Waals surface area contributed by atoms with Gasteiger partial charge in [-0.1, -0.05) is 71.8 Å². The number of aryl methyl sites for hydroxylation is 2. The summed E-state index contributed by atoms with van der Waals surface area (Å²) in [4.78, 5) is 0.124. The van der Waals surface area contributed by atoms with Gasteiger partial charge < -0.3 is 37.9 Å². The summed E-state index contributed by atoms with van der Waals surface area (Å²) in [6.07, 6.45) is 1.22. The second kappa shape index (κ2) is 28.5. The van der Waals surface area contributed by atoms with Gasteiger partial charge in [-0.25, -0.2) is 0 Å². The molecule has 0 aromatic heterocycles. The Bertz CT molecular complexity index is 2750. The van der Waals surface area contributed by atoms with Crippen molar-refractivity contribution >= 4 is 20.2 Å². The minimum atomic E-state index is -4.14. The van der Waals surface area contributed by atoms with E-state index in [9.17, 15) is 16.8 Å². The molecule has 0 radical (unpaired) electrons. The van der Waals surface area contributed by atoms with Gasteiger partial charge >= 0.3 is 0 Å². The predicted octanol–water partition coefficient (Wildman–Crippen LogP) is 10.5. The lowest BCUT2D eigenvalue weighted by atomic mass is 9.89. The maximum Gasteiger partial charge on any atom is 0.297 e. The minimum absolute atomic E-state index is 0.0619. The molecule has 1 aliphatic rings. The van der Waals surface area contributed by atoms with E-state index < -0.39 is 20.2 Å². The molecule has 7 rings (SSSR count). The number of benzene rings is 6. The van der Waals surface area contributed by atoms with Crippen LogP contribution in [0.5, 0.6) is 23.0 Å². The van der Waals surface area contributed by atoms with Crippen LogP contribution in [-0.2, 0) is 86.4 Å². The lowest BCUT2D eigenvalue weighted by Crippen LogP contribution is -2.14. The Labute approximate surface area is 449 Å². The van der Waals surface area contributed by atoms with Gasteiger partial charge in [0, 0.05) is 52.1 Å². The molecule has 0 atom stereocenters. The van der Waals surface area contributed by atoms with Gasteiger partial charge in [-0.15, -0.1) is 0 Å². The van der Waals surface area contributed by atoms with E-state index in [4.69, 9.17) is 46.3 Å². The Hall–Kier alpha value is -5.82. The molecule has 0 amide bonds. The van der Waals surface area contributed by atoms with E-state index in [0.717, 1.165) is 55.6 Å². The van der Waals surface area contributed by atoms with Crippen LogP contribution in [0.2, 0.25) is 0 Å². The van der Waals surface area contributed by atoms with Gasteiger partial charge in [-0.2, -0.15) is 16.8 Å². The van der Waals surface area contributed by atoms with Crippen LogP contribution >= 0.6 is 0 Å². The fraction of sp³-hybridized carbons (Fsp3) is 0.400. The summed E-state index contributed by atoms with van der Waals surface area (Å²) in [6, 6.07) is 32.9. The number of ether oxygens (including phenoxy) is 8. The van der Waals surface area contributed by atoms with Gasteiger partial charge in [0.05, 0.1) is 49.4 Å². The quantitative estimate of drug-likeness (QED) is 0.0337. The third-order valence-electron chi connectivity index (χ3n) is 12.6. The Kier molecular flexibility index (Phi) is 21.7.